The first-order valence-corrected chi connectivity index (χ1v) is 9.15. The van der Waals surface area contributed by atoms with Crippen molar-refractivity contribution in [3.63, 3.8) is 0 Å². The van der Waals surface area contributed by atoms with Gasteiger partial charge in [0.15, 0.2) is 0 Å². The fourth-order valence-corrected chi connectivity index (χ4v) is 3.29. The van der Waals surface area contributed by atoms with E-state index in [1.807, 2.05) is 37.3 Å². The summed E-state index contributed by atoms with van der Waals surface area (Å²) in [6, 6.07) is 16.8. The molecule has 0 aliphatic heterocycles. The van der Waals surface area contributed by atoms with E-state index in [2.05, 4.69) is 15.5 Å². The van der Waals surface area contributed by atoms with Gasteiger partial charge in [-0.05, 0) is 36.8 Å². The fourth-order valence-electron chi connectivity index (χ4n) is 3.29. The highest BCUT2D eigenvalue weighted by molar-refractivity contribution is 6.12. The molecule has 0 atom stereocenters. The van der Waals surface area contributed by atoms with Crippen LogP contribution in [-0.4, -0.2) is 26.3 Å². The molecule has 0 unspecified atom stereocenters. The number of rotatable bonds is 6. The summed E-state index contributed by atoms with van der Waals surface area (Å²) in [6.45, 7) is 1.83. The van der Waals surface area contributed by atoms with E-state index >= 15 is 0 Å². The molecule has 3 heterocycles. The van der Waals surface area contributed by atoms with Crippen molar-refractivity contribution >= 4 is 29.0 Å². The van der Waals surface area contributed by atoms with Gasteiger partial charge in [0.2, 0.25) is 5.78 Å². The van der Waals surface area contributed by atoms with Gasteiger partial charge in [-0.25, -0.2) is 4.98 Å². The van der Waals surface area contributed by atoms with E-state index in [1.54, 1.807) is 35.1 Å². The first-order chi connectivity index (χ1) is 14.6. The summed E-state index contributed by atoms with van der Waals surface area (Å²) >= 11 is 0. The molecule has 0 saturated heterocycles. The van der Waals surface area contributed by atoms with E-state index in [0.29, 0.717) is 11.5 Å². The van der Waals surface area contributed by atoms with Gasteiger partial charge in [0, 0.05) is 35.7 Å². The molecule has 8 nitrogen and oxygen atoms in total. The second kappa shape index (κ2) is 7.96. The van der Waals surface area contributed by atoms with Crippen LogP contribution >= 0.6 is 0 Å². The molecule has 1 aromatic carbocycles. The number of nitrogens with zero attached hydrogens (tertiary/aromatic N) is 4. The molecular weight excluding hydrogens is 382 g/mol. The number of nitrogens with one attached hydrogen (secondary N) is 1. The van der Waals surface area contributed by atoms with Crippen LogP contribution in [0.4, 0.5) is 11.5 Å². The highest BCUT2D eigenvalue weighted by atomic mass is 16.6. The lowest BCUT2D eigenvalue weighted by Crippen LogP contribution is -2.07. The summed E-state index contributed by atoms with van der Waals surface area (Å²) in [4.78, 5) is 28.0. The third kappa shape index (κ3) is 3.53. The van der Waals surface area contributed by atoms with Gasteiger partial charge in [-0.15, -0.1) is 0 Å². The second-order valence-electron chi connectivity index (χ2n) is 6.56. The fraction of sp³-hybridized carbons (Fsp3) is 0.0455. The number of non-ortho nitro benzene ring substituents is 1. The standard InChI is InChI=1S/C22H17N5O3/c1-15-18(14-24-25-20-10-2-4-11-23-20)19-9-3-5-12-26(19)21(15)22(28)16-7-6-8-17(13-16)27(29)30/h2-14H,1H3,(H,23,25). The molecule has 0 aliphatic rings. The van der Waals surface area contributed by atoms with E-state index < -0.39 is 4.92 Å². The number of nitro benzene ring substituents is 1. The van der Waals surface area contributed by atoms with E-state index in [1.165, 1.54) is 18.2 Å². The molecule has 3 aromatic heterocycles. The van der Waals surface area contributed by atoms with Crippen molar-refractivity contribution in [3.8, 4) is 0 Å². The summed E-state index contributed by atoms with van der Waals surface area (Å²) in [7, 11) is 0. The highest BCUT2D eigenvalue weighted by Crippen LogP contribution is 2.25. The maximum absolute atomic E-state index is 13.3. The minimum Gasteiger partial charge on any atom is -0.313 e. The average molecular weight is 399 g/mol. The lowest BCUT2D eigenvalue weighted by molar-refractivity contribution is -0.384. The minimum atomic E-state index is -0.513. The SMILES string of the molecule is Cc1c(C=NNc2ccccn2)c2ccccn2c1C(=O)c1cccc([N+](=O)[O-])c1. The molecule has 8 heteroatoms. The van der Waals surface area contributed by atoms with Crippen LogP contribution < -0.4 is 5.43 Å². The van der Waals surface area contributed by atoms with E-state index in [9.17, 15) is 14.9 Å². The van der Waals surface area contributed by atoms with E-state index in [4.69, 9.17) is 0 Å². The van der Waals surface area contributed by atoms with Crippen molar-refractivity contribution < 1.29 is 9.72 Å². The van der Waals surface area contributed by atoms with Crippen molar-refractivity contribution in [2.45, 2.75) is 6.92 Å². The molecule has 4 aromatic rings. The van der Waals surface area contributed by atoms with E-state index in [0.717, 1.165) is 16.6 Å². The zero-order chi connectivity index (χ0) is 21.1. The summed E-state index contributed by atoms with van der Waals surface area (Å²) < 4.78 is 1.78. The predicted molar refractivity (Wildman–Crippen MR) is 114 cm³/mol. The predicted octanol–water partition coefficient (Wildman–Crippen LogP) is 4.23. The number of nitro groups is 1. The van der Waals surface area contributed by atoms with Crippen molar-refractivity contribution in [1.29, 1.82) is 0 Å². The Morgan fingerprint density at radius 2 is 2.00 bits per heavy atom. The van der Waals surface area contributed by atoms with Gasteiger partial charge in [-0.3, -0.25) is 20.3 Å². The third-order valence-corrected chi connectivity index (χ3v) is 4.71. The summed E-state index contributed by atoms with van der Waals surface area (Å²) in [6.07, 6.45) is 5.09. The number of benzene rings is 1. The van der Waals surface area contributed by atoms with Gasteiger partial charge in [0.25, 0.3) is 5.69 Å². The summed E-state index contributed by atoms with van der Waals surface area (Å²) in [5, 5.41) is 15.3. The van der Waals surface area contributed by atoms with Crippen LogP contribution in [0.3, 0.4) is 0 Å². The Labute approximate surface area is 171 Å². The number of carbonyl (C=O) groups excluding carboxylic acids is 1. The van der Waals surface area contributed by atoms with Gasteiger partial charge in [-0.2, -0.15) is 5.10 Å². The van der Waals surface area contributed by atoms with Crippen LogP contribution in [0.1, 0.15) is 27.2 Å². The monoisotopic (exact) mass is 399 g/mol. The minimum absolute atomic E-state index is 0.124. The number of hydrogen-bond donors (Lipinski definition) is 1. The zero-order valence-electron chi connectivity index (χ0n) is 16.0. The van der Waals surface area contributed by atoms with Crippen LogP contribution in [-0.2, 0) is 0 Å². The van der Waals surface area contributed by atoms with Crippen LogP contribution in [0.15, 0.2) is 78.2 Å². The molecule has 1 N–H and O–H groups in total. The topological polar surface area (TPSA) is 102 Å². The van der Waals surface area contributed by atoms with Crippen molar-refractivity contribution in [2.24, 2.45) is 5.10 Å². The van der Waals surface area contributed by atoms with Crippen molar-refractivity contribution in [3.05, 3.63) is 106 Å². The molecule has 4 rings (SSSR count). The molecule has 0 aliphatic carbocycles. The Morgan fingerprint density at radius 1 is 1.17 bits per heavy atom. The number of hydrogen-bond acceptors (Lipinski definition) is 6. The molecule has 0 amide bonds. The smallest absolute Gasteiger partial charge is 0.270 e. The number of pyridine rings is 2. The van der Waals surface area contributed by atoms with Gasteiger partial charge in [0.1, 0.15) is 5.82 Å². The number of fused-ring (bicyclic) bond motifs is 1. The molecule has 30 heavy (non-hydrogen) atoms. The largest absolute Gasteiger partial charge is 0.313 e. The number of hydrazone groups is 1. The maximum Gasteiger partial charge on any atom is 0.270 e. The molecule has 0 fully saturated rings. The Balaban J connectivity index is 1.76. The quantitative estimate of drug-likeness (QED) is 0.226. The lowest BCUT2D eigenvalue weighted by atomic mass is 10.0. The zero-order valence-corrected chi connectivity index (χ0v) is 16.0. The molecule has 0 bridgehead atoms. The normalized spacial score (nSPS) is 11.1. The first kappa shape index (κ1) is 19.0. The molecule has 0 radical (unpaired) electrons. The number of ketones is 1. The molecule has 0 spiro atoms. The number of anilines is 1. The van der Waals surface area contributed by atoms with Gasteiger partial charge >= 0.3 is 0 Å². The van der Waals surface area contributed by atoms with Crippen molar-refractivity contribution in [2.75, 3.05) is 5.43 Å². The average Bonchev–Trinajstić information content (AvgIpc) is 3.05. The van der Waals surface area contributed by atoms with Crippen LogP contribution in [0.25, 0.3) is 5.52 Å². The first-order valence-electron chi connectivity index (χ1n) is 9.15. The highest BCUT2D eigenvalue weighted by Gasteiger charge is 2.22. The van der Waals surface area contributed by atoms with Crippen LogP contribution in [0, 0.1) is 17.0 Å². The van der Waals surface area contributed by atoms with Crippen molar-refractivity contribution in [1.82, 2.24) is 9.38 Å². The second-order valence-corrected chi connectivity index (χ2v) is 6.56. The van der Waals surface area contributed by atoms with Crippen LogP contribution in [0.5, 0.6) is 0 Å². The number of aromatic nitrogens is 2. The molecular formula is C22H17N5O3. The molecule has 148 valence electrons. The Hall–Kier alpha value is -4.33. The maximum atomic E-state index is 13.3. The lowest BCUT2D eigenvalue weighted by Gasteiger charge is -2.04. The summed E-state index contributed by atoms with van der Waals surface area (Å²) in [5.74, 6) is 0.303. The Bertz CT molecular complexity index is 1280. The van der Waals surface area contributed by atoms with Gasteiger partial charge < -0.3 is 4.40 Å². The van der Waals surface area contributed by atoms with E-state index in [-0.39, 0.29) is 17.0 Å². The Kier molecular flexibility index (Phi) is 5.04. The molecule has 0 saturated carbocycles. The van der Waals surface area contributed by atoms with Gasteiger partial charge in [0.05, 0.1) is 22.3 Å². The summed E-state index contributed by atoms with van der Waals surface area (Å²) in [5.41, 5.74) is 5.73. The van der Waals surface area contributed by atoms with Gasteiger partial charge in [-0.1, -0.05) is 24.3 Å². The third-order valence-electron chi connectivity index (χ3n) is 4.71. The van der Waals surface area contributed by atoms with Crippen LogP contribution in [0.2, 0.25) is 0 Å². The number of carbonyl (C=O) groups is 1. The Morgan fingerprint density at radius 3 is 2.77 bits per heavy atom.